The largest absolute Gasteiger partial charge is 0.489 e. The van der Waals surface area contributed by atoms with E-state index in [0.29, 0.717) is 11.4 Å². The maximum absolute atomic E-state index is 12.5. The summed E-state index contributed by atoms with van der Waals surface area (Å²) in [5.41, 5.74) is 2.15. The summed E-state index contributed by atoms with van der Waals surface area (Å²) in [5, 5.41) is 6.14. The minimum atomic E-state index is -0.276. The summed E-state index contributed by atoms with van der Waals surface area (Å²) >= 11 is 0. The number of benzene rings is 1. The standard InChI is InChI=1S/C18H23N3O2/c1-4-19-12-14-7-5-8-15(11-14)21-18(22)17-16(23-13(2)3)9-6-10-20-17/h5-11,13,19H,4,12H2,1-3H3,(H,21,22). The molecule has 0 spiro atoms. The van der Waals surface area contributed by atoms with Crippen LogP contribution in [0.4, 0.5) is 5.69 Å². The van der Waals surface area contributed by atoms with Gasteiger partial charge < -0.3 is 15.4 Å². The number of pyridine rings is 1. The van der Waals surface area contributed by atoms with Crippen LogP contribution in [0.1, 0.15) is 36.8 Å². The molecule has 1 amide bonds. The average Bonchev–Trinajstić information content (AvgIpc) is 2.53. The Kier molecular flexibility index (Phi) is 6.11. The molecule has 0 radical (unpaired) electrons. The maximum atomic E-state index is 12.5. The van der Waals surface area contributed by atoms with Gasteiger partial charge in [0.25, 0.3) is 5.91 Å². The van der Waals surface area contributed by atoms with E-state index >= 15 is 0 Å². The van der Waals surface area contributed by atoms with Gasteiger partial charge in [-0.2, -0.15) is 0 Å². The SMILES string of the molecule is CCNCc1cccc(NC(=O)c2ncccc2OC(C)C)c1. The molecule has 2 aromatic rings. The van der Waals surface area contributed by atoms with E-state index in [4.69, 9.17) is 4.74 Å². The van der Waals surface area contributed by atoms with E-state index in [9.17, 15) is 4.79 Å². The molecule has 1 aromatic carbocycles. The lowest BCUT2D eigenvalue weighted by Crippen LogP contribution is -2.17. The Morgan fingerprint density at radius 2 is 2.09 bits per heavy atom. The van der Waals surface area contributed by atoms with Crippen LogP contribution in [0.5, 0.6) is 5.75 Å². The number of amides is 1. The van der Waals surface area contributed by atoms with Crippen LogP contribution in [0.2, 0.25) is 0 Å². The Labute approximate surface area is 137 Å². The van der Waals surface area contributed by atoms with Gasteiger partial charge in [0.15, 0.2) is 11.4 Å². The fourth-order valence-electron chi connectivity index (χ4n) is 2.13. The Hall–Kier alpha value is -2.40. The van der Waals surface area contributed by atoms with Gasteiger partial charge in [0, 0.05) is 18.4 Å². The molecular formula is C18H23N3O2. The van der Waals surface area contributed by atoms with Crippen LogP contribution in [0.25, 0.3) is 0 Å². The zero-order chi connectivity index (χ0) is 16.7. The zero-order valence-electron chi connectivity index (χ0n) is 13.8. The lowest BCUT2D eigenvalue weighted by Gasteiger charge is -2.13. The van der Waals surface area contributed by atoms with Gasteiger partial charge in [0.05, 0.1) is 6.10 Å². The summed E-state index contributed by atoms with van der Waals surface area (Å²) in [6.07, 6.45) is 1.57. The number of ether oxygens (including phenoxy) is 1. The molecule has 2 N–H and O–H groups in total. The highest BCUT2D eigenvalue weighted by Crippen LogP contribution is 2.19. The highest BCUT2D eigenvalue weighted by Gasteiger charge is 2.15. The molecule has 122 valence electrons. The van der Waals surface area contributed by atoms with Gasteiger partial charge in [-0.15, -0.1) is 0 Å². The number of anilines is 1. The molecule has 0 aliphatic rings. The predicted octanol–water partition coefficient (Wildman–Crippen LogP) is 3.23. The third-order valence-corrected chi connectivity index (χ3v) is 3.11. The quantitative estimate of drug-likeness (QED) is 0.824. The number of rotatable bonds is 7. The van der Waals surface area contributed by atoms with Crippen molar-refractivity contribution in [1.82, 2.24) is 10.3 Å². The second kappa shape index (κ2) is 8.29. The summed E-state index contributed by atoms with van der Waals surface area (Å²) in [7, 11) is 0. The molecule has 1 aromatic heterocycles. The summed E-state index contributed by atoms with van der Waals surface area (Å²) in [6, 6.07) is 11.3. The van der Waals surface area contributed by atoms with Gasteiger partial charge in [-0.05, 0) is 50.2 Å². The molecule has 5 nitrogen and oxygen atoms in total. The maximum Gasteiger partial charge on any atom is 0.278 e. The van der Waals surface area contributed by atoms with Crippen LogP contribution >= 0.6 is 0 Å². The molecule has 0 fully saturated rings. The number of aromatic nitrogens is 1. The minimum Gasteiger partial charge on any atom is -0.489 e. The third kappa shape index (κ3) is 5.07. The Balaban J connectivity index is 2.13. The van der Waals surface area contributed by atoms with Crippen LogP contribution in [-0.2, 0) is 6.54 Å². The second-order valence-corrected chi connectivity index (χ2v) is 5.45. The van der Waals surface area contributed by atoms with E-state index in [-0.39, 0.29) is 12.0 Å². The Morgan fingerprint density at radius 3 is 2.83 bits per heavy atom. The van der Waals surface area contributed by atoms with Crippen LogP contribution in [-0.4, -0.2) is 23.5 Å². The van der Waals surface area contributed by atoms with E-state index in [1.54, 1.807) is 18.3 Å². The Bertz CT molecular complexity index is 656. The number of hydrogen-bond acceptors (Lipinski definition) is 4. The van der Waals surface area contributed by atoms with Gasteiger partial charge >= 0.3 is 0 Å². The van der Waals surface area contributed by atoms with E-state index in [0.717, 1.165) is 24.3 Å². The highest BCUT2D eigenvalue weighted by atomic mass is 16.5. The van der Waals surface area contributed by atoms with Crippen molar-refractivity contribution in [2.75, 3.05) is 11.9 Å². The molecule has 0 saturated heterocycles. The third-order valence-electron chi connectivity index (χ3n) is 3.11. The van der Waals surface area contributed by atoms with Crippen molar-refractivity contribution < 1.29 is 9.53 Å². The molecule has 0 aliphatic heterocycles. The van der Waals surface area contributed by atoms with Crippen molar-refractivity contribution in [2.45, 2.75) is 33.4 Å². The van der Waals surface area contributed by atoms with Gasteiger partial charge in [0.2, 0.25) is 0 Å². The van der Waals surface area contributed by atoms with Crippen molar-refractivity contribution >= 4 is 11.6 Å². The molecular weight excluding hydrogens is 290 g/mol. The predicted molar refractivity (Wildman–Crippen MR) is 91.8 cm³/mol. The second-order valence-electron chi connectivity index (χ2n) is 5.45. The molecule has 1 heterocycles. The lowest BCUT2D eigenvalue weighted by molar-refractivity contribution is 0.101. The van der Waals surface area contributed by atoms with Crippen LogP contribution in [0.3, 0.4) is 0 Å². The summed E-state index contributed by atoms with van der Waals surface area (Å²) in [5.74, 6) is 0.214. The fourth-order valence-corrected chi connectivity index (χ4v) is 2.13. The molecule has 0 atom stereocenters. The lowest BCUT2D eigenvalue weighted by atomic mass is 10.2. The number of nitrogens with zero attached hydrogens (tertiary/aromatic N) is 1. The first-order chi connectivity index (χ1) is 11.1. The number of carbonyl (C=O) groups excluding carboxylic acids is 1. The molecule has 23 heavy (non-hydrogen) atoms. The molecule has 0 saturated carbocycles. The van der Waals surface area contributed by atoms with Crippen LogP contribution < -0.4 is 15.4 Å². The zero-order valence-corrected chi connectivity index (χ0v) is 13.8. The van der Waals surface area contributed by atoms with Crippen molar-refractivity contribution in [3.05, 3.63) is 53.9 Å². The van der Waals surface area contributed by atoms with Gasteiger partial charge in [0.1, 0.15) is 0 Å². The number of nitrogens with one attached hydrogen (secondary N) is 2. The highest BCUT2D eigenvalue weighted by molar-refractivity contribution is 6.04. The topological polar surface area (TPSA) is 63.2 Å². The first-order valence-corrected chi connectivity index (χ1v) is 7.82. The molecule has 2 rings (SSSR count). The smallest absolute Gasteiger partial charge is 0.278 e. The summed E-state index contributed by atoms with van der Waals surface area (Å²) in [4.78, 5) is 16.6. The van der Waals surface area contributed by atoms with Crippen molar-refractivity contribution in [3.8, 4) is 5.75 Å². The molecule has 0 aliphatic carbocycles. The number of carbonyl (C=O) groups is 1. The summed E-state index contributed by atoms with van der Waals surface area (Å²) < 4.78 is 5.65. The van der Waals surface area contributed by atoms with Gasteiger partial charge in [-0.3, -0.25) is 4.79 Å². The first-order valence-electron chi connectivity index (χ1n) is 7.82. The van der Waals surface area contributed by atoms with E-state index < -0.39 is 0 Å². The van der Waals surface area contributed by atoms with Crippen molar-refractivity contribution in [3.63, 3.8) is 0 Å². The number of hydrogen-bond donors (Lipinski definition) is 2. The minimum absolute atomic E-state index is 0.0193. The summed E-state index contributed by atoms with van der Waals surface area (Å²) in [6.45, 7) is 7.56. The van der Waals surface area contributed by atoms with E-state index in [1.807, 2.05) is 38.1 Å². The molecule has 0 bridgehead atoms. The van der Waals surface area contributed by atoms with E-state index in [1.165, 1.54) is 0 Å². The van der Waals surface area contributed by atoms with Crippen molar-refractivity contribution in [2.24, 2.45) is 0 Å². The van der Waals surface area contributed by atoms with Gasteiger partial charge in [-0.1, -0.05) is 19.1 Å². The monoisotopic (exact) mass is 313 g/mol. The first kappa shape index (κ1) is 17.0. The van der Waals surface area contributed by atoms with Crippen molar-refractivity contribution in [1.29, 1.82) is 0 Å². The average molecular weight is 313 g/mol. The fraction of sp³-hybridized carbons (Fsp3) is 0.333. The van der Waals surface area contributed by atoms with Crippen LogP contribution in [0.15, 0.2) is 42.6 Å². The van der Waals surface area contributed by atoms with E-state index in [2.05, 4.69) is 22.5 Å². The normalized spacial score (nSPS) is 10.6. The van der Waals surface area contributed by atoms with Crippen LogP contribution in [0, 0.1) is 0 Å². The van der Waals surface area contributed by atoms with Gasteiger partial charge in [-0.25, -0.2) is 4.98 Å². The molecule has 0 unspecified atom stereocenters. The molecule has 5 heteroatoms. The Morgan fingerprint density at radius 1 is 1.26 bits per heavy atom.